The van der Waals surface area contributed by atoms with E-state index < -0.39 is 0 Å². The van der Waals surface area contributed by atoms with Gasteiger partial charge in [0.15, 0.2) is 0 Å². The number of piperazine rings is 1. The van der Waals surface area contributed by atoms with E-state index in [9.17, 15) is 9.18 Å². The van der Waals surface area contributed by atoms with E-state index in [0.717, 1.165) is 31.9 Å². The minimum atomic E-state index is -0.346. The Bertz CT molecular complexity index is 1000. The van der Waals surface area contributed by atoms with Crippen LogP contribution in [0.25, 0.3) is 0 Å². The van der Waals surface area contributed by atoms with E-state index in [-0.39, 0.29) is 23.8 Å². The molecule has 1 aliphatic heterocycles. The number of carbonyl (C=O) groups is 1. The highest BCUT2D eigenvalue weighted by Crippen LogP contribution is 2.30. The number of halogens is 1. The summed E-state index contributed by atoms with van der Waals surface area (Å²) in [6.07, 6.45) is 0. The van der Waals surface area contributed by atoms with Crippen molar-refractivity contribution >= 4 is 22.9 Å². The molecule has 3 aromatic rings. The summed E-state index contributed by atoms with van der Waals surface area (Å²) in [5.41, 5.74) is 1.66. The Morgan fingerprint density at radius 2 is 1.72 bits per heavy atom. The molecule has 5 nitrogen and oxygen atoms in total. The van der Waals surface area contributed by atoms with Crippen LogP contribution < -0.4 is 15.0 Å². The second-order valence-corrected chi connectivity index (χ2v) is 8.93. The minimum absolute atomic E-state index is 0.0809. The van der Waals surface area contributed by atoms with Crippen molar-refractivity contribution in [2.75, 3.05) is 38.2 Å². The molecule has 1 fully saturated rings. The number of carbonyl (C=O) groups excluding carboxylic acids is 1. The standard InChI is InChI=1S/C25H28FN3O2S/c1-18(27-25(30)19-5-7-20(26)8-6-19)24(23-4-3-17-32-23)29-15-13-28(14-16-29)21-9-11-22(31-2)12-10-21/h3-12,17-18,24H,13-16H2,1-2H3,(H,27,30)/t18-,24+/m0/s1. The molecule has 1 N–H and O–H groups in total. The SMILES string of the molecule is COc1ccc(N2CCN([C@@H](c3cccs3)[C@H](C)NC(=O)c3ccc(F)cc3)CC2)cc1. The quantitative estimate of drug-likeness (QED) is 0.569. The predicted octanol–water partition coefficient (Wildman–Crippen LogP) is 4.58. The molecule has 2 aromatic carbocycles. The second-order valence-electron chi connectivity index (χ2n) is 7.95. The van der Waals surface area contributed by atoms with Gasteiger partial charge in [0.25, 0.3) is 5.91 Å². The van der Waals surface area contributed by atoms with Crippen molar-refractivity contribution in [3.63, 3.8) is 0 Å². The molecule has 2 atom stereocenters. The maximum Gasteiger partial charge on any atom is 0.251 e. The summed E-state index contributed by atoms with van der Waals surface area (Å²) in [6, 6.07) is 18.0. The molecular formula is C25H28FN3O2S. The van der Waals surface area contributed by atoms with Crippen LogP contribution >= 0.6 is 11.3 Å². The first-order chi connectivity index (χ1) is 15.5. The number of hydrogen-bond donors (Lipinski definition) is 1. The van der Waals surface area contributed by atoms with Gasteiger partial charge in [-0.15, -0.1) is 11.3 Å². The Labute approximate surface area is 192 Å². The zero-order chi connectivity index (χ0) is 22.5. The summed E-state index contributed by atoms with van der Waals surface area (Å²) in [6.45, 7) is 5.65. The van der Waals surface area contributed by atoms with Crippen LogP contribution in [0.5, 0.6) is 5.75 Å². The van der Waals surface area contributed by atoms with Gasteiger partial charge in [-0.1, -0.05) is 6.07 Å². The molecule has 1 saturated heterocycles. The van der Waals surface area contributed by atoms with Gasteiger partial charge in [-0.05, 0) is 66.9 Å². The molecule has 2 heterocycles. The monoisotopic (exact) mass is 453 g/mol. The molecule has 4 rings (SSSR count). The Morgan fingerprint density at radius 3 is 2.31 bits per heavy atom. The minimum Gasteiger partial charge on any atom is -0.497 e. The number of methoxy groups -OCH3 is 1. The lowest BCUT2D eigenvalue weighted by atomic mass is 10.0. The molecule has 32 heavy (non-hydrogen) atoms. The summed E-state index contributed by atoms with van der Waals surface area (Å²) in [7, 11) is 1.68. The lowest BCUT2D eigenvalue weighted by Gasteiger charge is -2.42. The Balaban J connectivity index is 1.44. The number of anilines is 1. The molecule has 0 radical (unpaired) electrons. The average Bonchev–Trinajstić information content (AvgIpc) is 3.34. The van der Waals surface area contributed by atoms with E-state index in [1.807, 2.05) is 19.1 Å². The fourth-order valence-electron chi connectivity index (χ4n) is 4.22. The zero-order valence-corrected chi connectivity index (χ0v) is 19.1. The van der Waals surface area contributed by atoms with Crippen LogP contribution in [-0.2, 0) is 0 Å². The van der Waals surface area contributed by atoms with Crippen LogP contribution in [0.3, 0.4) is 0 Å². The summed E-state index contributed by atoms with van der Waals surface area (Å²) in [5, 5.41) is 5.21. The van der Waals surface area contributed by atoms with Crippen molar-refractivity contribution in [3.05, 3.63) is 82.3 Å². The molecule has 0 unspecified atom stereocenters. The van der Waals surface area contributed by atoms with Gasteiger partial charge in [-0.3, -0.25) is 9.69 Å². The van der Waals surface area contributed by atoms with Crippen LogP contribution in [0.2, 0.25) is 0 Å². The van der Waals surface area contributed by atoms with E-state index in [1.165, 1.54) is 34.8 Å². The van der Waals surface area contributed by atoms with Gasteiger partial charge in [-0.25, -0.2) is 4.39 Å². The molecule has 0 saturated carbocycles. The third-order valence-electron chi connectivity index (χ3n) is 5.92. The van der Waals surface area contributed by atoms with E-state index >= 15 is 0 Å². The first kappa shape index (κ1) is 22.3. The maximum atomic E-state index is 13.2. The Morgan fingerprint density at radius 1 is 1.03 bits per heavy atom. The summed E-state index contributed by atoms with van der Waals surface area (Å²) in [4.78, 5) is 18.8. The maximum absolute atomic E-state index is 13.2. The van der Waals surface area contributed by atoms with Crippen molar-refractivity contribution in [1.82, 2.24) is 10.2 Å². The Kier molecular flexibility index (Phi) is 7.07. The smallest absolute Gasteiger partial charge is 0.251 e. The summed E-state index contributed by atoms with van der Waals surface area (Å²) in [5.74, 6) is 0.326. The molecule has 1 amide bonds. The number of amides is 1. The number of nitrogens with zero attached hydrogens (tertiary/aromatic N) is 2. The van der Waals surface area contributed by atoms with Crippen molar-refractivity contribution in [2.45, 2.75) is 19.0 Å². The largest absolute Gasteiger partial charge is 0.497 e. The van der Waals surface area contributed by atoms with Crippen LogP contribution in [-0.4, -0.2) is 50.1 Å². The highest BCUT2D eigenvalue weighted by molar-refractivity contribution is 7.10. The first-order valence-corrected chi connectivity index (χ1v) is 11.7. The molecular weight excluding hydrogens is 425 g/mol. The third-order valence-corrected chi connectivity index (χ3v) is 6.86. The van der Waals surface area contributed by atoms with Crippen LogP contribution in [0, 0.1) is 5.82 Å². The highest BCUT2D eigenvalue weighted by atomic mass is 32.1. The molecule has 1 aliphatic rings. The summed E-state index contributed by atoms with van der Waals surface area (Å²) >= 11 is 1.71. The normalized spacial score (nSPS) is 16.4. The third kappa shape index (κ3) is 5.11. The highest BCUT2D eigenvalue weighted by Gasteiger charge is 2.31. The zero-order valence-electron chi connectivity index (χ0n) is 18.3. The number of nitrogens with one attached hydrogen (secondary N) is 1. The van der Waals surface area contributed by atoms with Crippen LogP contribution in [0.4, 0.5) is 10.1 Å². The van der Waals surface area contributed by atoms with E-state index in [1.54, 1.807) is 18.4 Å². The van der Waals surface area contributed by atoms with Crippen molar-refractivity contribution in [1.29, 1.82) is 0 Å². The van der Waals surface area contributed by atoms with E-state index in [2.05, 4.69) is 44.8 Å². The van der Waals surface area contributed by atoms with Gasteiger partial charge < -0.3 is 15.0 Å². The lowest BCUT2D eigenvalue weighted by molar-refractivity contribution is 0.0890. The van der Waals surface area contributed by atoms with Gasteiger partial charge in [0.05, 0.1) is 13.2 Å². The number of benzene rings is 2. The summed E-state index contributed by atoms with van der Waals surface area (Å²) < 4.78 is 18.5. The van der Waals surface area contributed by atoms with Crippen molar-refractivity contribution < 1.29 is 13.9 Å². The molecule has 7 heteroatoms. The topological polar surface area (TPSA) is 44.8 Å². The van der Waals surface area contributed by atoms with Gasteiger partial charge >= 0.3 is 0 Å². The first-order valence-electron chi connectivity index (χ1n) is 10.8. The fourth-order valence-corrected chi connectivity index (χ4v) is 5.19. The fraction of sp³-hybridized carbons (Fsp3) is 0.320. The van der Waals surface area contributed by atoms with E-state index in [4.69, 9.17) is 4.74 Å². The molecule has 0 aliphatic carbocycles. The van der Waals surface area contributed by atoms with Crippen LogP contribution in [0.15, 0.2) is 66.0 Å². The number of hydrogen-bond acceptors (Lipinski definition) is 5. The van der Waals surface area contributed by atoms with Crippen molar-refractivity contribution in [2.24, 2.45) is 0 Å². The Hall–Kier alpha value is -2.90. The number of ether oxygens (including phenoxy) is 1. The van der Waals surface area contributed by atoms with Gasteiger partial charge in [0, 0.05) is 48.3 Å². The van der Waals surface area contributed by atoms with Gasteiger partial charge in [-0.2, -0.15) is 0 Å². The molecule has 0 bridgehead atoms. The van der Waals surface area contributed by atoms with Gasteiger partial charge in [0.2, 0.25) is 0 Å². The lowest BCUT2D eigenvalue weighted by Crippen LogP contribution is -2.52. The molecule has 0 spiro atoms. The van der Waals surface area contributed by atoms with Crippen molar-refractivity contribution in [3.8, 4) is 5.75 Å². The van der Waals surface area contributed by atoms with Crippen LogP contribution in [0.1, 0.15) is 28.2 Å². The number of rotatable bonds is 7. The second kappa shape index (κ2) is 10.1. The molecule has 168 valence electrons. The molecule has 1 aromatic heterocycles. The average molecular weight is 454 g/mol. The number of thiophene rings is 1. The predicted molar refractivity (Wildman–Crippen MR) is 127 cm³/mol. The van der Waals surface area contributed by atoms with Gasteiger partial charge in [0.1, 0.15) is 11.6 Å². The van der Waals surface area contributed by atoms with E-state index in [0.29, 0.717) is 5.56 Å².